The van der Waals surface area contributed by atoms with Gasteiger partial charge >= 0.3 is 0 Å². The Kier molecular flexibility index (Phi) is 4.20. The van der Waals surface area contributed by atoms with Gasteiger partial charge in [-0.05, 0) is 59.8 Å². The molecule has 0 saturated carbocycles. The fourth-order valence-electron chi connectivity index (χ4n) is 2.18. The molecule has 0 radical (unpaired) electrons. The molecule has 1 heterocycles. The highest BCUT2D eigenvalue weighted by molar-refractivity contribution is 4.85. The maximum atomic E-state index is 3.21. The predicted molar refractivity (Wildman–Crippen MR) is 58.0 cm³/mol. The molecule has 0 atom stereocenters. The van der Waals surface area contributed by atoms with Crippen LogP contribution in [-0.4, -0.2) is 37.1 Å². The van der Waals surface area contributed by atoms with Gasteiger partial charge in [0.15, 0.2) is 0 Å². The Labute approximate surface area is 82.7 Å². The van der Waals surface area contributed by atoms with E-state index in [1.165, 1.54) is 38.8 Å². The standard InChI is InChI=1S/C11H24N2/c1-11(2)7-4-5-9-13(11)10-6-8-12-3/h12H,4-10H2,1-3H3. The second-order valence-electron chi connectivity index (χ2n) is 4.71. The molecule has 0 spiro atoms. The van der Waals surface area contributed by atoms with Gasteiger partial charge in [0.25, 0.3) is 0 Å². The molecule has 1 N–H and O–H groups in total. The highest BCUT2D eigenvalue weighted by atomic mass is 15.2. The number of hydrogen-bond acceptors (Lipinski definition) is 2. The fraction of sp³-hybridized carbons (Fsp3) is 1.00. The van der Waals surface area contributed by atoms with Crippen molar-refractivity contribution < 1.29 is 0 Å². The molecule has 0 aromatic heterocycles. The van der Waals surface area contributed by atoms with Crippen molar-refractivity contribution in [1.29, 1.82) is 0 Å². The molecular formula is C11H24N2. The van der Waals surface area contributed by atoms with Crippen LogP contribution in [0.3, 0.4) is 0 Å². The van der Waals surface area contributed by atoms with Gasteiger partial charge in [-0.15, -0.1) is 0 Å². The van der Waals surface area contributed by atoms with E-state index in [-0.39, 0.29) is 0 Å². The van der Waals surface area contributed by atoms with E-state index < -0.39 is 0 Å². The van der Waals surface area contributed by atoms with E-state index in [1.54, 1.807) is 0 Å². The van der Waals surface area contributed by atoms with Gasteiger partial charge in [0.2, 0.25) is 0 Å². The van der Waals surface area contributed by atoms with Gasteiger partial charge in [-0.2, -0.15) is 0 Å². The van der Waals surface area contributed by atoms with Crippen molar-refractivity contribution in [1.82, 2.24) is 10.2 Å². The smallest absolute Gasteiger partial charge is 0.0153 e. The molecular weight excluding hydrogens is 160 g/mol. The van der Waals surface area contributed by atoms with E-state index >= 15 is 0 Å². The second-order valence-corrected chi connectivity index (χ2v) is 4.71. The summed E-state index contributed by atoms with van der Waals surface area (Å²) in [5.41, 5.74) is 0.450. The van der Waals surface area contributed by atoms with Crippen molar-refractivity contribution in [3.05, 3.63) is 0 Å². The summed E-state index contributed by atoms with van der Waals surface area (Å²) in [6.07, 6.45) is 5.45. The van der Waals surface area contributed by atoms with Crippen LogP contribution in [0.5, 0.6) is 0 Å². The lowest BCUT2D eigenvalue weighted by Crippen LogP contribution is -2.48. The summed E-state index contributed by atoms with van der Waals surface area (Å²) < 4.78 is 0. The zero-order chi connectivity index (χ0) is 9.73. The van der Waals surface area contributed by atoms with Gasteiger partial charge < -0.3 is 5.32 Å². The number of piperidine rings is 1. The summed E-state index contributed by atoms with van der Waals surface area (Å²) in [5.74, 6) is 0. The first-order valence-electron chi connectivity index (χ1n) is 5.56. The van der Waals surface area contributed by atoms with Crippen LogP contribution in [0.1, 0.15) is 39.5 Å². The third-order valence-corrected chi connectivity index (χ3v) is 3.18. The second kappa shape index (κ2) is 4.97. The summed E-state index contributed by atoms with van der Waals surface area (Å²) in [7, 11) is 2.03. The van der Waals surface area contributed by atoms with E-state index in [1.807, 2.05) is 7.05 Å². The zero-order valence-corrected chi connectivity index (χ0v) is 9.40. The molecule has 0 aromatic carbocycles. The molecule has 13 heavy (non-hydrogen) atoms. The maximum absolute atomic E-state index is 3.21. The lowest BCUT2D eigenvalue weighted by atomic mass is 9.90. The number of hydrogen-bond donors (Lipinski definition) is 1. The van der Waals surface area contributed by atoms with Gasteiger partial charge in [0.1, 0.15) is 0 Å². The molecule has 2 nitrogen and oxygen atoms in total. The minimum absolute atomic E-state index is 0.450. The molecule has 0 amide bonds. The third kappa shape index (κ3) is 3.28. The number of nitrogens with one attached hydrogen (secondary N) is 1. The molecule has 0 aliphatic carbocycles. The highest BCUT2D eigenvalue weighted by Crippen LogP contribution is 2.26. The Bertz CT molecular complexity index is 143. The van der Waals surface area contributed by atoms with Crippen LogP contribution in [0.25, 0.3) is 0 Å². The van der Waals surface area contributed by atoms with Crippen LogP contribution < -0.4 is 5.32 Å². The SMILES string of the molecule is CNCCCN1CCCCC1(C)C. The van der Waals surface area contributed by atoms with Crippen molar-refractivity contribution >= 4 is 0 Å². The Hall–Kier alpha value is -0.0800. The Morgan fingerprint density at radius 1 is 1.31 bits per heavy atom. The van der Waals surface area contributed by atoms with Gasteiger partial charge in [0, 0.05) is 5.54 Å². The van der Waals surface area contributed by atoms with Gasteiger partial charge in [-0.3, -0.25) is 4.90 Å². The average molecular weight is 184 g/mol. The van der Waals surface area contributed by atoms with Crippen LogP contribution in [0.2, 0.25) is 0 Å². The minimum Gasteiger partial charge on any atom is -0.320 e. The van der Waals surface area contributed by atoms with Gasteiger partial charge in [0.05, 0.1) is 0 Å². The summed E-state index contributed by atoms with van der Waals surface area (Å²) in [4.78, 5) is 2.65. The summed E-state index contributed by atoms with van der Waals surface area (Å²) in [6.45, 7) is 8.47. The molecule has 1 fully saturated rings. The van der Waals surface area contributed by atoms with Crippen LogP contribution in [-0.2, 0) is 0 Å². The van der Waals surface area contributed by atoms with Crippen LogP contribution in [0.15, 0.2) is 0 Å². The number of likely N-dealkylation sites (tertiary alicyclic amines) is 1. The monoisotopic (exact) mass is 184 g/mol. The zero-order valence-electron chi connectivity index (χ0n) is 9.40. The predicted octanol–water partition coefficient (Wildman–Crippen LogP) is 1.86. The molecule has 0 aromatic rings. The van der Waals surface area contributed by atoms with Crippen molar-refractivity contribution in [3.8, 4) is 0 Å². The van der Waals surface area contributed by atoms with Crippen molar-refractivity contribution in [2.75, 3.05) is 26.7 Å². The summed E-state index contributed by atoms with van der Waals surface area (Å²) in [5, 5.41) is 3.21. The molecule has 0 unspecified atom stereocenters. The number of rotatable bonds is 4. The molecule has 78 valence electrons. The maximum Gasteiger partial charge on any atom is 0.0153 e. The first kappa shape index (κ1) is 11.0. The van der Waals surface area contributed by atoms with E-state index in [4.69, 9.17) is 0 Å². The minimum atomic E-state index is 0.450. The molecule has 1 saturated heterocycles. The van der Waals surface area contributed by atoms with Crippen LogP contribution in [0.4, 0.5) is 0 Å². The number of nitrogens with zero attached hydrogens (tertiary/aromatic N) is 1. The Morgan fingerprint density at radius 2 is 2.08 bits per heavy atom. The van der Waals surface area contributed by atoms with Gasteiger partial charge in [-0.1, -0.05) is 6.42 Å². The lowest BCUT2D eigenvalue weighted by Gasteiger charge is -2.42. The molecule has 0 bridgehead atoms. The normalized spacial score (nSPS) is 23.3. The van der Waals surface area contributed by atoms with E-state index in [0.717, 1.165) is 6.54 Å². The largest absolute Gasteiger partial charge is 0.320 e. The first-order valence-corrected chi connectivity index (χ1v) is 5.56. The van der Waals surface area contributed by atoms with Crippen LogP contribution in [0, 0.1) is 0 Å². The average Bonchev–Trinajstić information content (AvgIpc) is 2.08. The summed E-state index contributed by atoms with van der Waals surface area (Å²) in [6, 6.07) is 0. The molecule has 2 heteroatoms. The summed E-state index contributed by atoms with van der Waals surface area (Å²) >= 11 is 0. The Morgan fingerprint density at radius 3 is 2.69 bits per heavy atom. The molecule has 1 aliphatic heterocycles. The van der Waals surface area contributed by atoms with Gasteiger partial charge in [-0.25, -0.2) is 0 Å². The fourth-order valence-corrected chi connectivity index (χ4v) is 2.18. The van der Waals surface area contributed by atoms with Crippen LogP contribution >= 0.6 is 0 Å². The van der Waals surface area contributed by atoms with Crippen molar-refractivity contribution in [2.45, 2.75) is 45.1 Å². The third-order valence-electron chi connectivity index (χ3n) is 3.18. The lowest BCUT2D eigenvalue weighted by molar-refractivity contribution is 0.0761. The van der Waals surface area contributed by atoms with E-state index in [2.05, 4.69) is 24.1 Å². The topological polar surface area (TPSA) is 15.3 Å². The molecule has 1 aliphatic rings. The van der Waals surface area contributed by atoms with E-state index in [0.29, 0.717) is 5.54 Å². The molecule has 1 rings (SSSR count). The quantitative estimate of drug-likeness (QED) is 0.671. The Balaban J connectivity index is 2.29. The first-order chi connectivity index (χ1) is 6.17. The highest BCUT2D eigenvalue weighted by Gasteiger charge is 2.28. The van der Waals surface area contributed by atoms with Crippen molar-refractivity contribution in [3.63, 3.8) is 0 Å². The van der Waals surface area contributed by atoms with Crippen molar-refractivity contribution in [2.24, 2.45) is 0 Å². The van der Waals surface area contributed by atoms with E-state index in [9.17, 15) is 0 Å².